The molecule has 2 aliphatic heterocycles. The second-order valence-electron chi connectivity index (χ2n) is 8.14. The molecule has 0 atom stereocenters. The number of para-hydroxylation sites is 2. The molecule has 4 rings (SSSR count). The Balaban J connectivity index is 0.000000175. The summed E-state index contributed by atoms with van der Waals surface area (Å²) in [6.45, 7) is 12.4. The van der Waals surface area contributed by atoms with Crippen LogP contribution in [0, 0.1) is 6.92 Å². The van der Waals surface area contributed by atoms with Gasteiger partial charge in [0, 0.05) is 22.3 Å². The summed E-state index contributed by atoms with van der Waals surface area (Å²) >= 11 is 0. The van der Waals surface area contributed by atoms with Crippen molar-refractivity contribution >= 4 is 5.69 Å². The van der Waals surface area contributed by atoms with Gasteiger partial charge in [-0.15, -0.1) is 0 Å². The van der Waals surface area contributed by atoms with E-state index in [1.165, 1.54) is 29.7 Å². The zero-order valence-electron chi connectivity index (χ0n) is 15.6. The Labute approximate surface area is 146 Å². The third-order valence-electron chi connectivity index (χ3n) is 5.27. The molecule has 0 bridgehead atoms. The van der Waals surface area contributed by atoms with Gasteiger partial charge in [-0.05, 0) is 65.2 Å². The molecule has 24 heavy (non-hydrogen) atoms. The molecular weight excluding hydrogens is 294 g/mol. The van der Waals surface area contributed by atoms with Crippen LogP contribution >= 0.6 is 0 Å². The first-order valence-corrected chi connectivity index (χ1v) is 8.88. The molecule has 0 aromatic heterocycles. The highest BCUT2D eigenvalue weighted by atomic mass is 16.5. The van der Waals surface area contributed by atoms with Crippen LogP contribution < -0.4 is 9.64 Å². The van der Waals surface area contributed by atoms with E-state index in [-0.39, 0.29) is 11.1 Å². The summed E-state index contributed by atoms with van der Waals surface area (Å²) in [4.78, 5) is 2.61. The van der Waals surface area contributed by atoms with Crippen molar-refractivity contribution < 1.29 is 4.74 Å². The monoisotopic (exact) mass is 323 g/mol. The van der Waals surface area contributed by atoms with Gasteiger partial charge in [0.05, 0.1) is 0 Å². The van der Waals surface area contributed by atoms with E-state index in [2.05, 4.69) is 69.9 Å². The maximum atomic E-state index is 5.08. The van der Waals surface area contributed by atoms with Crippen LogP contribution in [0.2, 0.25) is 0 Å². The van der Waals surface area contributed by atoms with Gasteiger partial charge in [0.1, 0.15) is 12.4 Å². The van der Waals surface area contributed by atoms with Crippen LogP contribution in [0.5, 0.6) is 5.75 Å². The molecule has 0 aliphatic carbocycles. The van der Waals surface area contributed by atoms with Crippen molar-refractivity contribution in [3.05, 3.63) is 59.7 Å². The molecule has 1 saturated heterocycles. The van der Waals surface area contributed by atoms with E-state index in [0.717, 1.165) is 12.4 Å². The highest BCUT2D eigenvalue weighted by Crippen LogP contribution is 2.44. The average molecular weight is 323 g/mol. The lowest BCUT2D eigenvalue weighted by Gasteiger charge is -2.43. The molecule has 2 aromatic carbocycles. The molecule has 0 N–H and O–H groups in total. The summed E-state index contributed by atoms with van der Waals surface area (Å²) < 4.78 is 5.08. The first kappa shape index (κ1) is 16.9. The average Bonchev–Trinajstić information content (AvgIpc) is 2.71. The Morgan fingerprint density at radius 2 is 1.42 bits per heavy atom. The molecule has 2 heterocycles. The van der Waals surface area contributed by atoms with Gasteiger partial charge in [-0.1, -0.05) is 36.4 Å². The van der Waals surface area contributed by atoms with Crippen molar-refractivity contribution in [1.82, 2.24) is 0 Å². The number of aryl methyl sites for hydroxylation is 1. The second kappa shape index (κ2) is 6.16. The topological polar surface area (TPSA) is 12.5 Å². The van der Waals surface area contributed by atoms with Crippen molar-refractivity contribution in [3.8, 4) is 5.75 Å². The highest BCUT2D eigenvalue weighted by Gasteiger charge is 2.44. The fourth-order valence-corrected chi connectivity index (χ4v) is 3.96. The molecule has 0 radical (unpaired) electrons. The number of benzene rings is 2. The van der Waals surface area contributed by atoms with Gasteiger partial charge in [0.2, 0.25) is 0 Å². The van der Waals surface area contributed by atoms with Crippen LogP contribution in [-0.2, 0) is 6.61 Å². The summed E-state index contributed by atoms with van der Waals surface area (Å²) in [7, 11) is 0. The molecule has 0 saturated carbocycles. The van der Waals surface area contributed by atoms with E-state index >= 15 is 0 Å². The van der Waals surface area contributed by atoms with Crippen molar-refractivity contribution in [2.45, 2.75) is 65.1 Å². The molecule has 0 spiro atoms. The highest BCUT2D eigenvalue weighted by molar-refractivity contribution is 5.58. The van der Waals surface area contributed by atoms with E-state index in [1.54, 1.807) is 0 Å². The number of ether oxygens (including phenoxy) is 1. The molecule has 0 amide bonds. The van der Waals surface area contributed by atoms with Gasteiger partial charge in [0.15, 0.2) is 0 Å². The Morgan fingerprint density at radius 3 is 1.88 bits per heavy atom. The molecule has 0 unspecified atom stereocenters. The number of hydrogen-bond acceptors (Lipinski definition) is 2. The molecular formula is C22H29NO. The van der Waals surface area contributed by atoms with Gasteiger partial charge in [-0.2, -0.15) is 0 Å². The first-order chi connectivity index (χ1) is 11.3. The quantitative estimate of drug-likeness (QED) is 0.664. The molecule has 2 nitrogen and oxygen atoms in total. The molecule has 2 aromatic rings. The van der Waals surface area contributed by atoms with Gasteiger partial charge in [-0.25, -0.2) is 0 Å². The van der Waals surface area contributed by atoms with Crippen molar-refractivity contribution in [1.29, 1.82) is 0 Å². The van der Waals surface area contributed by atoms with E-state index < -0.39 is 0 Å². The molecule has 2 heteroatoms. The predicted molar refractivity (Wildman–Crippen MR) is 102 cm³/mol. The van der Waals surface area contributed by atoms with Crippen LogP contribution in [-0.4, -0.2) is 11.1 Å². The number of rotatable bonds is 1. The normalized spacial score (nSPS) is 19.5. The summed E-state index contributed by atoms with van der Waals surface area (Å²) in [5, 5.41) is 0. The number of fused-ring (bicyclic) bond motifs is 1. The Bertz CT molecular complexity index is 678. The summed E-state index contributed by atoms with van der Waals surface area (Å²) in [5.74, 6) is 1.05. The Morgan fingerprint density at radius 1 is 0.833 bits per heavy atom. The Kier molecular flexibility index (Phi) is 4.33. The first-order valence-electron chi connectivity index (χ1n) is 8.88. The molecule has 1 fully saturated rings. The third-order valence-corrected chi connectivity index (χ3v) is 5.27. The lowest BCUT2D eigenvalue weighted by atomic mass is 10.0. The largest absolute Gasteiger partial charge is 0.488 e. The molecule has 2 aliphatic rings. The maximum absolute atomic E-state index is 5.08. The number of hydrogen-bond donors (Lipinski definition) is 0. The zero-order chi connectivity index (χ0) is 17.4. The van der Waals surface area contributed by atoms with Crippen LogP contribution in [0.3, 0.4) is 0 Å². The lowest BCUT2D eigenvalue weighted by molar-refractivity contribution is 0.243. The minimum atomic E-state index is 0.273. The lowest BCUT2D eigenvalue weighted by Crippen LogP contribution is -2.48. The smallest absolute Gasteiger partial charge is 0.126 e. The number of nitrogens with zero attached hydrogens (tertiary/aromatic N) is 1. The van der Waals surface area contributed by atoms with E-state index in [1.807, 2.05) is 18.2 Å². The summed E-state index contributed by atoms with van der Waals surface area (Å²) in [6.07, 6.45) is 2.54. The SMILES string of the molecule is Cc1ccccc1N1C(C)(C)CCC1(C)C.c1ccc2c(c1)CO2. The predicted octanol–water partition coefficient (Wildman–Crippen LogP) is 5.73. The van der Waals surface area contributed by atoms with E-state index in [0.29, 0.717) is 0 Å². The van der Waals surface area contributed by atoms with Crippen LogP contribution in [0.25, 0.3) is 0 Å². The Hall–Kier alpha value is -1.96. The third kappa shape index (κ3) is 3.15. The fraction of sp³-hybridized carbons (Fsp3) is 0.455. The minimum absolute atomic E-state index is 0.273. The fourth-order valence-electron chi connectivity index (χ4n) is 3.96. The standard InChI is InChI=1S/C15H23N.C7H6O/c1-12-8-6-7-9-13(12)16-14(2,3)10-11-15(16,4)5;1-2-4-7-6(3-1)5-8-7/h6-9H,10-11H2,1-5H3;1-4H,5H2. The summed E-state index contributed by atoms with van der Waals surface area (Å²) in [6, 6.07) is 16.8. The zero-order valence-corrected chi connectivity index (χ0v) is 15.6. The van der Waals surface area contributed by atoms with Crippen molar-refractivity contribution in [2.24, 2.45) is 0 Å². The molecule has 128 valence electrons. The van der Waals surface area contributed by atoms with Crippen molar-refractivity contribution in [2.75, 3.05) is 4.90 Å². The maximum Gasteiger partial charge on any atom is 0.126 e. The summed E-state index contributed by atoms with van der Waals surface area (Å²) in [5.41, 5.74) is 4.65. The van der Waals surface area contributed by atoms with E-state index in [4.69, 9.17) is 4.74 Å². The van der Waals surface area contributed by atoms with Crippen LogP contribution in [0.1, 0.15) is 51.7 Å². The van der Waals surface area contributed by atoms with Crippen LogP contribution in [0.4, 0.5) is 5.69 Å². The van der Waals surface area contributed by atoms with Crippen molar-refractivity contribution in [3.63, 3.8) is 0 Å². The number of anilines is 1. The van der Waals surface area contributed by atoms with Gasteiger partial charge >= 0.3 is 0 Å². The second-order valence-corrected chi connectivity index (χ2v) is 8.14. The van der Waals surface area contributed by atoms with Gasteiger partial charge in [0.25, 0.3) is 0 Å². The van der Waals surface area contributed by atoms with Gasteiger partial charge in [-0.3, -0.25) is 0 Å². The van der Waals surface area contributed by atoms with E-state index in [9.17, 15) is 0 Å². The van der Waals surface area contributed by atoms with Gasteiger partial charge < -0.3 is 9.64 Å². The minimum Gasteiger partial charge on any atom is -0.488 e. The van der Waals surface area contributed by atoms with Crippen LogP contribution in [0.15, 0.2) is 48.5 Å².